The molecule has 8 heteroatoms. The van der Waals surface area contributed by atoms with Gasteiger partial charge in [0.2, 0.25) is 0 Å². The number of non-ortho nitro benzene ring substituents is 1. The van der Waals surface area contributed by atoms with E-state index in [1.165, 1.54) is 26.2 Å². The van der Waals surface area contributed by atoms with E-state index in [9.17, 15) is 20.2 Å². The number of hydrogen-bond acceptors (Lipinski definition) is 6. The van der Waals surface area contributed by atoms with Gasteiger partial charge in [0.25, 0.3) is 11.4 Å². The highest BCUT2D eigenvalue weighted by Crippen LogP contribution is 2.25. The SMILES string of the molecule is CO/N=C(/C)c1ccc([N+](=O)[O-])cc1[N+](=O)[O-]. The third-order valence-electron chi connectivity index (χ3n) is 2.01. The molecule has 0 amide bonds. The van der Waals surface area contributed by atoms with Crippen LogP contribution in [0.3, 0.4) is 0 Å². The Morgan fingerprint density at radius 2 is 1.94 bits per heavy atom. The predicted molar refractivity (Wildman–Crippen MR) is 59.0 cm³/mol. The lowest BCUT2D eigenvalue weighted by Crippen LogP contribution is -2.03. The van der Waals surface area contributed by atoms with Crippen molar-refractivity contribution in [1.29, 1.82) is 0 Å². The summed E-state index contributed by atoms with van der Waals surface area (Å²) in [5.41, 5.74) is -0.264. The minimum Gasteiger partial charge on any atom is -0.399 e. The number of nitro groups is 2. The van der Waals surface area contributed by atoms with Crippen molar-refractivity contribution in [3.05, 3.63) is 44.0 Å². The molecule has 0 spiro atoms. The van der Waals surface area contributed by atoms with E-state index in [-0.39, 0.29) is 22.6 Å². The fourth-order valence-electron chi connectivity index (χ4n) is 1.28. The summed E-state index contributed by atoms with van der Waals surface area (Å²) in [5, 5.41) is 24.9. The summed E-state index contributed by atoms with van der Waals surface area (Å²) in [6, 6.07) is 3.34. The maximum atomic E-state index is 10.8. The highest BCUT2D eigenvalue weighted by Gasteiger charge is 2.21. The van der Waals surface area contributed by atoms with Crippen LogP contribution in [0.15, 0.2) is 23.4 Å². The maximum absolute atomic E-state index is 10.8. The lowest BCUT2D eigenvalue weighted by atomic mass is 10.1. The Morgan fingerprint density at radius 3 is 2.41 bits per heavy atom. The van der Waals surface area contributed by atoms with Crippen LogP contribution in [0.25, 0.3) is 0 Å². The first-order valence-electron chi connectivity index (χ1n) is 4.48. The third kappa shape index (κ3) is 2.74. The highest BCUT2D eigenvalue weighted by atomic mass is 16.6. The van der Waals surface area contributed by atoms with Crippen LogP contribution in [0.2, 0.25) is 0 Å². The number of nitro benzene ring substituents is 2. The van der Waals surface area contributed by atoms with Gasteiger partial charge in [-0.25, -0.2) is 0 Å². The molecule has 0 aromatic heterocycles. The number of rotatable bonds is 4. The van der Waals surface area contributed by atoms with E-state index in [1.807, 2.05) is 0 Å². The van der Waals surface area contributed by atoms with Crippen molar-refractivity contribution in [1.82, 2.24) is 0 Å². The molecule has 0 atom stereocenters. The molecule has 0 heterocycles. The summed E-state index contributed by atoms with van der Waals surface area (Å²) >= 11 is 0. The fraction of sp³-hybridized carbons (Fsp3) is 0.222. The summed E-state index contributed by atoms with van der Waals surface area (Å²) < 4.78 is 0. The van der Waals surface area contributed by atoms with Gasteiger partial charge in [0.15, 0.2) is 0 Å². The van der Waals surface area contributed by atoms with Crippen molar-refractivity contribution in [2.24, 2.45) is 5.16 Å². The van der Waals surface area contributed by atoms with Crippen LogP contribution in [0.1, 0.15) is 12.5 Å². The van der Waals surface area contributed by atoms with E-state index in [0.29, 0.717) is 0 Å². The molecule has 0 aliphatic rings. The van der Waals surface area contributed by atoms with Crippen LogP contribution in [-0.2, 0) is 4.84 Å². The number of nitrogens with zero attached hydrogens (tertiary/aromatic N) is 3. The van der Waals surface area contributed by atoms with E-state index in [2.05, 4.69) is 9.99 Å². The van der Waals surface area contributed by atoms with Crippen LogP contribution in [-0.4, -0.2) is 22.7 Å². The van der Waals surface area contributed by atoms with Crippen molar-refractivity contribution < 1.29 is 14.7 Å². The summed E-state index contributed by atoms with van der Waals surface area (Å²) in [4.78, 5) is 24.4. The molecule has 17 heavy (non-hydrogen) atoms. The van der Waals surface area contributed by atoms with Gasteiger partial charge >= 0.3 is 0 Å². The zero-order valence-electron chi connectivity index (χ0n) is 9.11. The minimum absolute atomic E-state index is 0.183. The average Bonchev–Trinajstić information content (AvgIpc) is 2.28. The van der Waals surface area contributed by atoms with E-state index < -0.39 is 9.85 Å². The molecule has 1 rings (SSSR count). The van der Waals surface area contributed by atoms with Crippen LogP contribution in [0.4, 0.5) is 11.4 Å². The molecule has 0 bridgehead atoms. The first-order valence-corrected chi connectivity index (χ1v) is 4.48. The van der Waals surface area contributed by atoms with Gasteiger partial charge in [0.1, 0.15) is 7.11 Å². The van der Waals surface area contributed by atoms with Crippen molar-refractivity contribution in [3.8, 4) is 0 Å². The monoisotopic (exact) mass is 239 g/mol. The third-order valence-corrected chi connectivity index (χ3v) is 2.01. The lowest BCUT2D eigenvalue weighted by Gasteiger charge is -2.01. The Morgan fingerprint density at radius 1 is 1.29 bits per heavy atom. The molecule has 8 nitrogen and oxygen atoms in total. The summed E-state index contributed by atoms with van der Waals surface area (Å²) in [5.74, 6) is 0. The Balaban J connectivity index is 3.37. The largest absolute Gasteiger partial charge is 0.399 e. The molecular formula is C9H9N3O5. The van der Waals surface area contributed by atoms with Gasteiger partial charge in [0, 0.05) is 6.07 Å². The quantitative estimate of drug-likeness (QED) is 0.452. The second-order valence-corrected chi connectivity index (χ2v) is 3.07. The Kier molecular flexibility index (Phi) is 3.70. The second-order valence-electron chi connectivity index (χ2n) is 3.07. The Bertz CT molecular complexity index is 497. The van der Waals surface area contributed by atoms with Crippen LogP contribution in [0, 0.1) is 20.2 Å². The van der Waals surface area contributed by atoms with E-state index >= 15 is 0 Å². The van der Waals surface area contributed by atoms with Crippen LogP contribution < -0.4 is 0 Å². The summed E-state index contributed by atoms with van der Waals surface area (Å²) in [6.45, 7) is 1.51. The molecule has 90 valence electrons. The van der Waals surface area contributed by atoms with Gasteiger partial charge in [0.05, 0.1) is 27.2 Å². The molecule has 0 aliphatic heterocycles. The lowest BCUT2D eigenvalue weighted by molar-refractivity contribution is -0.394. The smallest absolute Gasteiger partial charge is 0.285 e. The minimum atomic E-state index is -0.697. The first-order chi connectivity index (χ1) is 7.97. The predicted octanol–water partition coefficient (Wildman–Crippen LogP) is 1.87. The molecular weight excluding hydrogens is 230 g/mol. The molecule has 0 saturated carbocycles. The fourth-order valence-corrected chi connectivity index (χ4v) is 1.28. The first kappa shape index (κ1) is 12.6. The van der Waals surface area contributed by atoms with Gasteiger partial charge in [-0.15, -0.1) is 0 Å². The molecule has 0 radical (unpaired) electrons. The number of oxime groups is 1. The number of benzene rings is 1. The van der Waals surface area contributed by atoms with Gasteiger partial charge in [-0.2, -0.15) is 0 Å². The van der Waals surface area contributed by atoms with Gasteiger partial charge < -0.3 is 4.84 Å². The molecule has 0 aliphatic carbocycles. The van der Waals surface area contributed by atoms with E-state index in [0.717, 1.165) is 6.07 Å². The molecule has 0 fully saturated rings. The van der Waals surface area contributed by atoms with Crippen molar-refractivity contribution in [3.63, 3.8) is 0 Å². The second kappa shape index (κ2) is 5.01. The van der Waals surface area contributed by atoms with Gasteiger partial charge in [-0.1, -0.05) is 5.16 Å². The van der Waals surface area contributed by atoms with Gasteiger partial charge in [-0.3, -0.25) is 20.2 Å². The van der Waals surface area contributed by atoms with Crippen LogP contribution in [0.5, 0.6) is 0 Å². The highest BCUT2D eigenvalue weighted by molar-refractivity contribution is 6.02. The van der Waals surface area contributed by atoms with E-state index in [4.69, 9.17) is 0 Å². The van der Waals surface area contributed by atoms with E-state index in [1.54, 1.807) is 0 Å². The number of hydrogen-bond donors (Lipinski definition) is 0. The topological polar surface area (TPSA) is 108 Å². The Labute approximate surface area is 95.8 Å². The molecule has 1 aromatic carbocycles. The summed E-state index contributed by atoms with van der Waals surface area (Å²) in [7, 11) is 1.31. The molecule has 0 N–H and O–H groups in total. The molecule has 0 saturated heterocycles. The standard InChI is InChI=1S/C9H9N3O5/c1-6(10-17-2)8-4-3-7(11(13)14)5-9(8)12(15)16/h3-5H,1-2H3/b10-6-. The van der Waals surface area contributed by atoms with Gasteiger partial charge in [-0.05, 0) is 13.0 Å². The maximum Gasteiger partial charge on any atom is 0.285 e. The average molecular weight is 239 g/mol. The Hall–Kier alpha value is -2.51. The molecule has 1 aromatic rings. The zero-order chi connectivity index (χ0) is 13.0. The zero-order valence-corrected chi connectivity index (χ0v) is 9.11. The van der Waals surface area contributed by atoms with Crippen molar-refractivity contribution in [2.45, 2.75) is 6.92 Å². The van der Waals surface area contributed by atoms with Crippen LogP contribution >= 0.6 is 0 Å². The normalized spacial score (nSPS) is 11.1. The van der Waals surface area contributed by atoms with Crippen molar-refractivity contribution in [2.75, 3.05) is 7.11 Å². The molecule has 0 unspecified atom stereocenters. The van der Waals surface area contributed by atoms with Crippen molar-refractivity contribution >= 4 is 17.1 Å². The summed E-state index contributed by atoms with van der Waals surface area (Å²) in [6.07, 6.45) is 0.